The van der Waals surface area contributed by atoms with Gasteiger partial charge in [0.2, 0.25) is 0 Å². The number of ether oxygens (including phenoxy) is 1. The summed E-state index contributed by atoms with van der Waals surface area (Å²) in [6, 6.07) is 12.0. The van der Waals surface area contributed by atoms with E-state index in [1.54, 1.807) is 7.11 Å². The van der Waals surface area contributed by atoms with Crippen LogP contribution in [0.2, 0.25) is 0 Å². The lowest BCUT2D eigenvalue weighted by molar-refractivity contribution is 0.414. The van der Waals surface area contributed by atoms with E-state index in [9.17, 15) is 0 Å². The highest BCUT2D eigenvalue weighted by Crippen LogP contribution is 2.14. The summed E-state index contributed by atoms with van der Waals surface area (Å²) in [6.45, 7) is 0.909. The van der Waals surface area contributed by atoms with E-state index in [1.807, 2.05) is 31.3 Å². The molecule has 0 aliphatic heterocycles. The first-order chi connectivity index (χ1) is 10.8. The van der Waals surface area contributed by atoms with Gasteiger partial charge in [-0.15, -0.1) is 14.8 Å². The minimum absolute atomic E-state index is 0.649. The largest absolute Gasteiger partial charge is 0.497 e. The van der Waals surface area contributed by atoms with E-state index in [2.05, 4.69) is 37.7 Å². The van der Waals surface area contributed by atoms with Gasteiger partial charge in [0.05, 0.1) is 7.11 Å². The molecule has 2 heterocycles. The van der Waals surface area contributed by atoms with Crippen LogP contribution in [0.15, 0.2) is 36.4 Å². The van der Waals surface area contributed by atoms with Gasteiger partial charge in [-0.2, -0.15) is 0 Å². The summed E-state index contributed by atoms with van der Waals surface area (Å²) in [4.78, 5) is 2.10. The van der Waals surface area contributed by atoms with Crippen LogP contribution in [0.1, 0.15) is 12.0 Å². The molecule has 7 heteroatoms. The van der Waals surface area contributed by atoms with Crippen molar-refractivity contribution in [2.24, 2.45) is 0 Å². The number of aryl methyl sites for hydroxylation is 1. The number of methoxy groups -OCH3 is 1. The van der Waals surface area contributed by atoms with Crippen LogP contribution in [0.25, 0.3) is 5.65 Å². The second-order valence-corrected chi connectivity index (χ2v) is 5.09. The molecule has 0 spiro atoms. The fourth-order valence-corrected chi connectivity index (χ4v) is 2.27. The molecule has 0 unspecified atom stereocenters. The first-order valence-electron chi connectivity index (χ1n) is 7.16. The Kier molecular flexibility index (Phi) is 4.13. The average Bonchev–Trinajstić information content (AvgIpc) is 3.03. The van der Waals surface area contributed by atoms with Crippen molar-refractivity contribution in [2.75, 3.05) is 25.6 Å². The van der Waals surface area contributed by atoms with Crippen LogP contribution in [0.4, 0.5) is 5.82 Å². The fraction of sp³-hybridized carbons (Fsp3) is 0.333. The minimum atomic E-state index is 0.649. The van der Waals surface area contributed by atoms with Crippen LogP contribution in [0.5, 0.6) is 5.75 Å². The zero-order valence-electron chi connectivity index (χ0n) is 12.7. The number of aromatic nitrogens is 5. The van der Waals surface area contributed by atoms with Crippen LogP contribution in [-0.2, 0) is 6.42 Å². The highest BCUT2D eigenvalue weighted by atomic mass is 16.5. The van der Waals surface area contributed by atoms with Gasteiger partial charge in [0.1, 0.15) is 5.75 Å². The summed E-state index contributed by atoms with van der Waals surface area (Å²) in [6.07, 6.45) is 2.06. The molecule has 0 atom stereocenters. The molecule has 0 saturated heterocycles. The van der Waals surface area contributed by atoms with Crippen molar-refractivity contribution >= 4 is 11.5 Å². The Morgan fingerprint density at radius 2 is 1.95 bits per heavy atom. The zero-order chi connectivity index (χ0) is 15.4. The molecule has 0 bridgehead atoms. The molecule has 0 aliphatic rings. The maximum absolute atomic E-state index is 5.16. The Balaban J connectivity index is 1.55. The molecule has 22 heavy (non-hydrogen) atoms. The number of hydrogen-bond donors (Lipinski definition) is 0. The van der Waals surface area contributed by atoms with Gasteiger partial charge in [-0.3, -0.25) is 0 Å². The Labute approximate surface area is 128 Å². The fourth-order valence-electron chi connectivity index (χ4n) is 2.27. The monoisotopic (exact) mass is 298 g/mol. The lowest BCUT2D eigenvalue weighted by atomic mass is 10.1. The third kappa shape index (κ3) is 3.13. The summed E-state index contributed by atoms with van der Waals surface area (Å²) in [7, 11) is 3.70. The summed E-state index contributed by atoms with van der Waals surface area (Å²) in [5, 5.41) is 15.6. The lowest BCUT2D eigenvalue weighted by Crippen LogP contribution is -2.21. The average molecular weight is 298 g/mol. The number of anilines is 1. The molecule has 7 nitrogen and oxygen atoms in total. The number of hydrogen-bond acceptors (Lipinski definition) is 6. The normalized spacial score (nSPS) is 10.8. The second kappa shape index (κ2) is 6.38. The maximum atomic E-state index is 5.16. The highest BCUT2D eigenvalue weighted by Gasteiger charge is 2.05. The maximum Gasteiger partial charge on any atom is 0.200 e. The molecule has 0 N–H and O–H groups in total. The molecule has 3 aromatic rings. The molecule has 0 amide bonds. The first-order valence-corrected chi connectivity index (χ1v) is 7.16. The third-order valence-corrected chi connectivity index (χ3v) is 3.56. The third-order valence-electron chi connectivity index (χ3n) is 3.56. The quantitative estimate of drug-likeness (QED) is 0.688. The molecule has 2 aromatic heterocycles. The Morgan fingerprint density at radius 3 is 2.73 bits per heavy atom. The van der Waals surface area contributed by atoms with Crippen molar-refractivity contribution < 1.29 is 4.74 Å². The molecule has 0 fully saturated rings. The Hall–Kier alpha value is -2.70. The van der Waals surface area contributed by atoms with E-state index in [0.717, 1.165) is 31.0 Å². The number of benzene rings is 1. The first kappa shape index (κ1) is 14.2. The van der Waals surface area contributed by atoms with Crippen LogP contribution < -0.4 is 9.64 Å². The molecular weight excluding hydrogens is 280 g/mol. The van der Waals surface area contributed by atoms with Gasteiger partial charge >= 0.3 is 0 Å². The Morgan fingerprint density at radius 1 is 1.14 bits per heavy atom. The van der Waals surface area contributed by atoms with Gasteiger partial charge in [-0.05, 0) is 53.1 Å². The van der Waals surface area contributed by atoms with Gasteiger partial charge in [0.15, 0.2) is 11.5 Å². The number of rotatable bonds is 6. The van der Waals surface area contributed by atoms with Gasteiger partial charge in [-0.25, -0.2) is 0 Å². The molecule has 114 valence electrons. The van der Waals surface area contributed by atoms with Crippen LogP contribution >= 0.6 is 0 Å². The summed E-state index contributed by atoms with van der Waals surface area (Å²) >= 11 is 0. The summed E-state index contributed by atoms with van der Waals surface area (Å²) in [5.74, 6) is 1.74. The van der Waals surface area contributed by atoms with E-state index >= 15 is 0 Å². The van der Waals surface area contributed by atoms with Crippen molar-refractivity contribution in [1.82, 2.24) is 25.3 Å². The molecular formula is C15H18N6O. The van der Waals surface area contributed by atoms with Gasteiger partial charge in [0, 0.05) is 13.6 Å². The zero-order valence-corrected chi connectivity index (χ0v) is 12.7. The topological polar surface area (TPSA) is 68.4 Å². The predicted octanol–water partition coefficient (Wildman–Crippen LogP) is 1.60. The second-order valence-electron chi connectivity index (χ2n) is 5.09. The number of nitrogens with zero attached hydrogens (tertiary/aromatic N) is 6. The van der Waals surface area contributed by atoms with Crippen molar-refractivity contribution in [2.45, 2.75) is 12.8 Å². The molecule has 0 radical (unpaired) electrons. The van der Waals surface area contributed by atoms with Crippen LogP contribution in [0.3, 0.4) is 0 Å². The minimum Gasteiger partial charge on any atom is -0.497 e. The van der Waals surface area contributed by atoms with Crippen LogP contribution in [-0.4, -0.2) is 46.0 Å². The van der Waals surface area contributed by atoms with Gasteiger partial charge in [0.25, 0.3) is 0 Å². The predicted molar refractivity (Wildman–Crippen MR) is 83.2 cm³/mol. The molecule has 0 saturated carbocycles. The van der Waals surface area contributed by atoms with Crippen molar-refractivity contribution in [3.05, 3.63) is 42.0 Å². The number of fused-ring (bicyclic) bond motifs is 1. The van der Waals surface area contributed by atoms with Crippen molar-refractivity contribution in [3.8, 4) is 5.75 Å². The highest BCUT2D eigenvalue weighted by molar-refractivity contribution is 5.43. The summed E-state index contributed by atoms with van der Waals surface area (Å²) in [5.41, 5.74) is 1.95. The van der Waals surface area contributed by atoms with Crippen molar-refractivity contribution in [3.63, 3.8) is 0 Å². The van der Waals surface area contributed by atoms with E-state index < -0.39 is 0 Å². The van der Waals surface area contributed by atoms with E-state index in [4.69, 9.17) is 4.74 Å². The van der Waals surface area contributed by atoms with Crippen molar-refractivity contribution in [1.29, 1.82) is 0 Å². The number of tetrazole rings is 1. The summed E-state index contributed by atoms with van der Waals surface area (Å²) < 4.78 is 6.60. The SMILES string of the molecule is COc1ccc(CCCN(C)c2ccc3nnnn3n2)cc1. The van der Waals surface area contributed by atoms with E-state index in [-0.39, 0.29) is 0 Å². The van der Waals surface area contributed by atoms with E-state index in [0.29, 0.717) is 5.65 Å². The smallest absolute Gasteiger partial charge is 0.200 e. The lowest BCUT2D eigenvalue weighted by Gasteiger charge is -2.17. The molecule has 3 rings (SSSR count). The van der Waals surface area contributed by atoms with Crippen LogP contribution in [0, 0.1) is 0 Å². The van der Waals surface area contributed by atoms with Gasteiger partial charge < -0.3 is 9.64 Å². The molecule has 1 aromatic carbocycles. The van der Waals surface area contributed by atoms with E-state index in [1.165, 1.54) is 10.2 Å². The standard InChI is InChI=1S/C15H18N6O/c1-20(15-10-9-14-16-18-19-21(14)17-15)11-3-4-12-5-7-13(22-2)8-6-12/h5-10H,3-4,11H2,1-2H3. The molecule has 0 aliphatic carbocycles. The van der Waals surface area contributed by atoms with Gasteiger partial charge in [-0.1, -0.05) is 12.1 Å². The Bertz CT molecular complexity index is 739.